The quantitative estimate of drug-likeness (QED) is 0.742. The summed E-state index contributed by atoms with van der Waals surface area (Å²) < 4.78 is 13.8. The highest BCUT2D eigenvalue weighted by Gasteiger charge is 2.20. The SMILES string of the molecule is CC(C)N(CCCCl)C(=O)c1cc(F)ccc1Br. The second-order valence-corrected chi connectivity index (χ2v) is 5.49. The first-order valence-corrected chi connectivity index (χ1v) is 7.12. The second kappa shape index (κ2) is 7.10. The van der Waals surface area contributed by atoms with Crippen LogP contribution in [0.3, 0.4) is 0 Å². The van der Waals surface area contributed by atoms with Crippen LogP contribution in [0.4, 0.5) is 4.39 Å². The molecule has 0 heterocycles. The molecule has 0 N–H and O–H groups in total. The zero-order valence-corrected chi connectivity index (χ0v) is 12.8. The molecule has 0 aromatic heterocycles. The molecule has 0 saturated carbocycles. The molecule has 0 aliphatic carbocycles. The molecule has 1 amide bonds. The van der Waals surface area contributed by atoms with E-state index in [4.69, 9.17) is 11.6 Å². The molecule has 0 fully saturated rings. The molecule has 1 aromatic rings. The number of amides is 1. The van der Waals surface area contributed by atoms with E-state index in [1.807, 2.05) is 13.8 Å². The molecule has 100 valence electrons. The number of rotatable bonds is 5. The van der Waals surface area contributed by atoms with E-state index in [-0.39, 0.29) is 11.9 Å². The molecule has 2 nitrogen and oxygen atoms in total. The molecule has 0 aliphatic heterocycles. The molecule has 1 rings (SSSR count). The minimum Gasteiger partial charge on any atom is -0.336 e. The Morgan fingerprint density at radius 3 is 2.72 bits per heavy atom. The summed E-state index contributed by atoms with van der Waals surface area (Å²) in [6, 6.07) is 4.17. The number of carbonyl (C=O) groups excluding carboxylic acids is 1. The summed E-state index contributed by atoms with van der Waals surface area (Å²) in [6.45, 7) is 4.43. The topological polar surface area (TPSA) is 20.3 Å². The number of halogens is 3. The Kier molecular flexibility index (Phi) is 6.09. The van der Waals surface area contributed by atoms with Crippen LogP contribution in [0.5, 0.6) is 0 Å². The van der Waals surface area contributed by atoms with Crippen LogP contribution in [0, 0.1) is 5.82 Å². The van der Waals surface area contributed by atoms with Gasteiger partial charge in [-0.05, 0) is 54.4 Å². The van der Waals surface area contributed by atoms with Gasteiger partial charge in [-0.15, -0.1) is 11.6 Å². The summed E-state index contributed by atoms with van der Waals surface area (Å²) in [4.78, 5) is 14.0. The maximum absolute atomic E-state index is 13.2. The molecule has 0 spiro atoms. The van der Waals surface area contributed by atoms with Crippen molar-refractivity contribution in [1.29, 1.82) is 0 Å². The van der Waals surface area contributed by atoms with E-state index in [9.17, 15) is 9.18 Å². The van der Waals surface area contributed by atoms with E-state index in [0.29, 0.717) is 22.5 Å². The molecule has 0 unspecified atom stereocenters. The van der Waals surface area contributed by atoms with Gasteiger partial charge in [0.15, 0.2) is 0 Å². The molecule has 5 heteroatoms. The second-order valence-electron chi connectivity index (χ2n) is 4.26. The maximum Gasteiger partial charge on any atom is 0.255 e. The highest BCUT2D eigenvalue weighted by atomic mass is 79.9. The van der Waals surface area contributed by atoms with E-state index in [1.165, 1.54) is 12.1 Å². The zero-order chi connectivity index (χ0) is 13.7. The third kappa shape index (κ3) is 3.95. The Balaban J connectivity index is 2.98. The van der Waals surface area contributed by atoms with E-state index in [0.717, 1.165) is 6.42 Å². The lowest BCUT2D eigenvalue weighted by atomic mass is 10.1. The minimum atomic E-state index is -0.414. The van der Waals surface area contributed by atoms with Crippen LogP contribution in [0.2, 0.25) is 0 Å². The standard InChI is InChI=1S/C13H16BrClFNO/c1-9(2)17(7-3-6-15)13(18)11-8-10(16)4-5-12(11)14/h4-5,8-9H,3,6-7H2,1-2H3. The van der Waals surface area contributed by atoms with Gasteiger partial charge in [0.2, 0.25) is 0 Å². The van der Waals surface area contributed by atoms with Crippen LogP contribution in [-0.2, 0) is 0 Å². The van der Waals surface area contributed by atoms with Gasteiger partial charge in [-0.3, -0.25) is 4.79 Å². The van der Waals surface area contributed by atoms with Crippen molar-refractivity contribution in [3.8, 4) is 0 Å². The van der Waals surface area contributed by atoms with Crippen molar-refractivity contribution in [1.82, 2.24) is 4.90 Å². The first-order chi connectivity index (χ1) is 8.47. The molecule has 0 bridgehead atoms. The van der Waals surface area contributed by atoms with E-state index in [1.54, 1.807) is 11.0 Å². The molecule has 0 aliphatic rings. The lowest BCUT2D eigenvalue weighted by Gasteiger charge is -2.27. The summed E-state index contributed by atoms with van der Waals surface area (Å²) in [6.07, 6.45) is 0.721. The van der Waals surface area contributed by atoms with Crippen molar-refractivity contribution < 1.29 is 9.18 Å². The van der Waals surface area contributed by atoms with Crippen LogP contribution in [0.25, 0.3) is 0 Å². The Labute approximate surface area is 120 Å². The van der Waals surface area contributed by atoms with Gasteiger partial charge in [0.1, 0.15) is 5.82 Å². The van der Waals surface area contributed by atoms with Crippen molar-refractivity contribution in [3.63, 3.8) is 0 Å². The van der Waals surface area contributed by atoms with Crippen LogP contribution < -0.4 is 0 Å². The first kappa shape index (κ1) is 15.4. The number of hydrogen-bond acceptors (Lipinski definition) is 1. The number of nitrogens with zero attached hydrogens (tertiary/aromatic N) is 1. The largest absolute Gasteiger partial charge is 0.336 e. The van der Waals surface area contributed by atoms with Crippen molar-refractivity contribution in [3.05, 3.63) is 34.1 Å². The predicted molar refractivity (Wildman–Crippen MR) is 75.6 cm³/mol. The normalized spacial score (nSPS) is 10.8. The lowest BCUT2D eigenvalue weighted by molar-refractivity contribution is 0.0705. The van der Waals surface area contributed by atoms with Gasteiger partial charge in [0.05, 0.1) is 5.56 Å². The Bertz CT molecular complexity index is 425. The van der Waals surface area contributed by atoms with Crippen molar-refractivity contribution in [2.75, 3.05) is 12.4 Å². The highest BCUT2D eigenvalue weighted by Crippen LogP contribution is 2.20. The average Bonchev–Trinajstić information content (AvgIpc) is 2.32. The van der Waals surface area contributed by atoms with Gasteiger partial charge in [-0.1, -0.05) is 0 Å². The maximum atomic E-state index is 13.2. The molecule has 0 saturated heterocycles. The summed E-state index contributed by atoms with van der Waals surface area (Å²) in [5.74, 6) is -0.0926. The highest BCUT2D eigenvalue weighted by molar-refractivity contribution is 9.10. The molecule has 0 radical (unpaired) electrons. The monoisotopic (exact) mass is 335 g/mol. The van der Waals surface area contributed by atoms with Crippen LogP contribution in [0.1, 0.15) is 30.6 Å². The van der Waals surface area contributed by atoms with Gasteiger partial charge in [0, 0.05) is 22.9 Å². The van der Waals surface area contributed by atoms with Crippen molar-refractivity contribution in [2.24, 2.45) is 0 Å². The Hall–Kier alpha value is -0.610. The lowest BCUT2D eigenvalue weighted by Crippen LogP contribution is -2.38. The summed E-state index contributed by atoms with van der Waals surface area (Å²) in [5, 5.41) is 0. The summed E-state index contributed by atoms with van der Waals surface area (Å²) >= 11 is 8.93. The third-order valence-electron chi connectivity index (χ3n) is 2.58. The third-order valence-corrected chi connectivity index (χ3v) is 3.53. The molecular weight excluding hydrogens is 321 g/mol. The van der Waals surface area contributed by atoms with Crippen LogP contribution in [-0.4, -0.2) is 29.3 Å². The summed E-state index contributed by atoms with van der Waals surface area (Å²) in [7, 11) is 0. The van der Waals surface area contributed by atoms with Gasteiger partial charge >= 0.3 is 0 Å². The number of hydrogen-bond donors (Lipinski definition) is 0. The van der Waals surface area contributed by atoms with Crippen LogP contribution >= 0.6 is 27.5 Å². The number of alkyl halides is 1. The number of carbonyl (C=O) groups is 1. The molecule has 0 atom stereocenters. The number of benzene rings is 1. The van der Waals surface area contributed by atoms with Gasteiger partial charge < -0.3 is 4.90 Å². The van der Waals surface area contributed by atoms with Crippen LogP contribution in [0.15, 0.2) is 22.7 Å². The fraction of sp³-hybridized carbons (Fsp3) is 0.462. The van der Waals surface area contributed by atoms with Crippen molar-refractivity contribution in [2.45, 2.75) is 26.3 Å². The van der Waals surface area contributed by atoms with Crippen molar-refractivity contribution >= 4 is 33.4 Å². The minimum absolute atomic E-state index is 0.0517. The predicted octanol–water partition coefficient (Wildman–Crippen LogP) is 4.07. The summed E-state index contributed by atoms with van der Waals surface area (Å²) in [5.41, 5.74) is 0.346. The van der Waals surface area contributed by atoms with Gasteiger partial charge in [-0.25, -0.2) is 4.39 Å². The fourth-order valence-corrected chi connectivity index (χ4v) is 2.18. The van der Waals surface area contributed by atoms with E-state index in [2.05, 4.69) is 15.9 Å². The fourth-order valence-electron chi connectivity index (χ4n) is 1.64. The molecule has 1 aromatic carbocycles. The smallest absolute Gasteiger partial charge is 0.255 e. The van der Waals surface area contributed by atoms with E-state index >= 15 is 0 Å². The molecular formula is C13H16BrClFNO. The average molecular weight is 337 g/mol. The zero-order valence-electron chi connectivity index (χ0n) is 10.4. The van der Waals surface area contributed by atoms with E-state index < -0.39 is 5.82 Å². The Morgan fingerprint density at radius 2 is 2.17 bits per heavy atom. The molecule has 18 heavy (non-hydrogen) atoms. The Morgan fingerprint density at radius 1 is 1.50 bits per heavy atom. The van der Waals surface area contributed by atoms with Gasteiger partial charge in [0.25, 0.3) is 5.91 Å². The first-order valence-electron chi connectivity index (χ1n) is 5.79. The van der Waals surface area contributed by atoms with Gasteiger partial charge in [-0.2, -0.15) is 0 Å².